The number of alkyl halides is 1. The summed E-state index contributed by atoms with van der Waals surface area (Å²) in [7, 11) is 4.24. The van der Waals surface area contributed by atoms with Crippen LogP contribution in [0.4, 0.5) is 0 Å². The number of likely N-dealkylation sites (N-methyl/N-ethyl adjacent to an activating group) is 1. The van der Waals surface area contributed by atoms with Crippen molar-refractivity contribution in [1.82, 2.24) is 25.3 Å². The van der Waals surface area contributed by atoms with Gasteiger partial charge in [-0.05, 0) is 52.2 Å². The third-order valence-corrected chi connectivity index (χ3v) is 8.42. The molecule has 0 bridgehead atoms. The van der Waals surface area contributed by atoms with Crippen molar-refractivity contribution in [2.24, 2.45) is 28.3 Å². The van der Waals surface area contributed by atoms with Crippen LogP contribution in [0.25, 0.3) is 0 Å². The minimum atomic E-state index is -0.766. The molecule has 10 heteroatoms. The SMILES string of the molecule is CCC1CCC(Cl)C=NC(C(C(=O)NC2CNCCC2N2CCN(CCN(C)C)CC2)C(N)N)C1. The first kappa shape index (κ1) is 28.8. The lowest BCUT2D eigenvalue weighted by molar-refractivity contribution is -0.128. The van der Waals surface area contributed by atoms with Crippen LogP contribution in [0.15, 0.2) is 4.99 Å². The molecule has 2 saturated heterocycles. The molecule has 0 spiro atoms. The monoisotopic (exact) mass is 512 g/mol. The number of carbonyl (C=O) groups excluding carboxylic acids is 1. The first-order valence-electron chi connectivity index (χ1n) is 13.6. The number of nitrogens with two attached hydrogens (primary N) is 2. The van der Waals surface area contributed by atoms with E-state index in [9.17, 15) is 4.79 Å². The van der Waals surface area contributed by atoms with Crippen molar-refractivity contribution in [3.8, 4) is 0 Å². The minimum absolute atomic E-state index is 0.0334. The van der Waals surface area contributed by atoms with Crippen LogP contribution in [0.1, 0.15) is 39.0 Å². The summed E-state index contributed by atoms with van der Waals surface area (Å²) in [6.07, 6.45) is 5.87. The zero-order valence-corrected chi connectivity index (χ0v) is 22.8. The van der Waals surface area contributed by atoms with E-state index in [4.69, 9.17) is 28.1 Å². The molecule has 3 aliphatic rings. The Bertz CT molecular complexity index is 670. The van der Waals surface area contributed by atoms with Gasteiger partial charge < -0.3 is 27.0 Å². The predicted octanol–water partition coefficient (Wildman–Crippen LogP) is 0.129. The Kier molecular flexibility index (Phi) is 11.7. The van der Waals surface area contributed by atoms with Crippen LogP contribution in [0.2, 0.25) is 0 Å². The third kappa shape index (κ3) is 8.62. The number of amides is 1. The maximum Gasteiger partial charge on any atom is 0.228 e. The Hall–Kier alpha value is -0.810. The lowest BCUT2D eigenvalue weighted by atomic mass is 9.84. The van der Waals surface area contributed by atoms with Gasteiger partial charge in [0, 0.05) is 58.1 Å². The lowest BCUT2D eigenvalue weighted by Gasteiger charge is -2.45. The molecule has 3 aliphatic heterocycles. The van der Waals surface area contributed by atoms with Crippen molar-refractivity contribution in [3.05, 3.63) is 0 Å². The normalized spacial score (nSPS) is 32.4. The van der Waals surface area contributed by atoms with Gasteiger partial charge >= 0.3 is 0 Å². The van der Waals surface area contributed by atoms with Gasteiger partial charge in [-0.2, -0.15) is 0 Å². The Morgan fingerprint density at radius 1 is 1.23 bits per heavy atom. The fourth-order valence-electron chi connectivity index (χ4n) is 5.78. The molecular weight excluding hydrogens is 464 g/mol. The van der Waals surface area contributed by atoms with E-state index >= 15 is 0 Å². The van der Waals surface area contributed by atoms with Gasteiger partial charge in [0.25, 0.3) is 0 Å². The Balaban J connectivity index is 1.64. The second-order valence-corrected chi connectivity index (χ2v) is 11.5. The van der Waals surface area contributed by atoms with Gasteiger partial charge in [-0.15, -0.1) is 11.6 Å². The molecule has 6 N–H and O–H groups in total. The van der Waals surface area contributed by atoms with E-state index in [1.807, 2.05) is 0 Å². The van der Waals surface area contributed by atoms with Crippen LogP contribution in [0, 0.1) is 11.8 Å². The molecule has 35 heavy (non-hydrogen) atoms. The topological polar surface area (TPSA) is 115 Å². The van der Waals surface area contributed by atoms with Gasteiger partial charge in [0.2, 0.25) is 5.91 Å². The molecule has 6 unspecified atom stereocenters. The van der Waals surface area contributed by atoms with Crippen molar-refractivity contribution in [3.63, 3.8) is 0 Å². The summed E-state index contributed by atoms with van der Waals surface area (Å²) in [4.78, 5) is 25.7. The van der Waals surface area contributed by atoms with Crippen LogP contribution in [0.3, 0.4) is 0 Å². The van der Waals surface area contributed by atoms with E-state index in [0.29, 0.717) is 12.0 Å². The highest BCUT2D eigenvalue weighted by molar-refractivity contribution is 6.28. The van der Waals surface area contributed by atoms with Crippen LogP contribution < -0.4 is 22.1 Å². The molecule has 0 radical (unpaired) electrons. The summed E-state index contributed by atoms with van der Waals surface area (Å²) in [5.74, 6) is -0.166. The molecule has 0 aromatic rings. The zero-order valence-electron chi connectivity index (χ0n) is 22.0. The van der Waals surface area contributed by atoms with Crippen LogP contribution in [0.5, 0.6) is 0 Å². The largest absolute Gasteiger partial charge is 0.350 e. The number of carbonyl (C=O) groups is 1. The van der Waals surface area contributed by atoms with Gasteiger partial charge in [-0.1, -0.05) is 13.3 Å². The third-order valence-electron chi connectivity index (χ3n) is 8.09. The summed E-state index contributed by atoms with van der Waals surface area (Å²) in [6, 6.07) is 0.116. The van der Waals surface area contributed by atoms with E-state index < -0.39 is 12.1 Å². The second-order valence-electron chi connectivity index (χ2n) is 10.9. The van der Waals surface area contributed by atoms with Crippen LogP contribution in [-0.2, 0) is 4.79 Å². The van der Waals surface area contributed by atoms with Crippen molar-refractivity contribution in [2.45, 2.75) is 68.7 Å². The van der Waals surface area contributed by atoms with Crippen molar-refractivity contribution in [2.75, 3.05) is 66.5 Å². The fraction of sp³-hybridized carbons (Fsp3) is 0.920. The second kappa shape index (κ2) is 14.2. The number of aliphatic imine (C=N–C) groups is 1. The summed E-state index contributed by atoms with van der Waals surface area (Å²) in [5, 5.41) is 6.71. The molecule has 1 amide bonds. The highest BCUT2D eigenvalue weighted by Gasteiger charge is 2.38. The summed E-state index contributed by atoms with van der Waals surface area (Å²) in [6.45, 7) is 10.3. The molecule has 2 fully saturated rings. The van der Waals surface area contributed by atoms with E-state index in [1.54, 1.807) is 6.21 Å². The maximum absolute atomic E-state index is 13.6. The van der Waals surface area contributed by atoms with Gasteiger partial charge in [0.1, 0.15) is 0 Å². The Morgan fingerprint density at radius 3 is 2.63 bits per heavy atom. The van der Waals surface area contributed by atoms with E-state index in [-0.39, 0.29) is 23.4 Å². The molecule has 3 rings (SSSR count). The number of piperazine rings is 1. The van der Waals surface area contributed by atoms with Crippen LogP contribution in [-0.4, -0.2) is 123 Å². The van der Waals surface area contributed by atoms with E-state index in [1.165, 1.54) is 0 Å². The Labute approximate surface area is 217 Å². The first-order valence-corrected chi connectivity index (χ1v) is 14.0. The van der Waals surface area contributed by atoms with Gasteiger partial charge in [0.15, 0.2) is 0 Å². The summed E-state index contributed by atoms with van der Waals surface area (Å²) < 4.78 is 0. The number of nitrogens with zero attached hydrogens (tertiary/aromatic N) is 4. The molecule has 6 atom stereocenters. The molecule has 0 aromatic heterocycles. The number of nitrogens with one attached hydrogen (secondary N) is 2. The number of piperidine rings is 1. The van der Waals surface area contributed by atoms with Gasteiger partial charge in [-0.3, -0.25) is 19.6 Å². The van der Waals surface area contributed by atoms with E-state index in [0.717, 1.165) is 84.5 Å². The van der Waals surface area contributed by atoms with Crippen LogP contribution >= 0.6 is 11.6 Å². The van der Waals surface area contributed by atoms with Crippen molar-refractivity contribution >= 4 is 23.7 Å². The highest BCUT2D eigenvalue weighted by atomic mass is 35.5. The molecule has 3 heterocycles. The average Bonchev–Trinajstić information content (AvgIpc) is 2.82. The molecule has 9 nitrogen and oxygen atoms in total. The van der Waals surface area contributed by atoms with Crippen molar-refractivity contribution < 1.29 is 4.79 Å². The first-order chi connectivity index (χ1) is 16.8. The summed E-state index contributed by atoms with van der Waals surface area (Å²) >= 11 is 6.42. The molecular formula is C25H49ClN8O. The summed E-state index contributed by atoms with van der Waals surface area (Å²) in [5.41, 5.74) is 12.4. The molecule has 0 aliphatic carbocycles. The Morgan fingerprint density at radius 2 is 1.97 bits per heavy atom. The molecule has 202 valence electrons. The standard InChI is InChI=1S/C25H49ClN8O/c1-4-18-5-6-19(26)16-30-20(15-18)23(24(27)28)25(35)31-21-17-29-8-7-22(21)34-13-11-33(12-14-34)10-9-32(2)3/h16,18-24,29H,4-15,17,27-28H2,1-3H3,(H,31,35). The number of hydrogen-bond donors (Lipinski definition) is 4. The quantitative estimate of drug-likeness (QED) is 0.256. The fourth-order valence-corrected chi connectivity index (χ4v) is 5.97. The number of hydrogen-bond acceptors (Lipinski definition) is 8. The predicted molar refractivity (Wildman–Crippen MR) is 145 cm³/mol. The smallest absolute Gasteiger partial charge is 0.228 e. The zero-order chi connectivity index (χ0) is 25.4. The van der Waals surface area contributed by atoms with Gasteiger partial charge in [-0.25, -0.2) is 0 Å². The van der Waals surface area contributed by atoms with Gasteiger partial charge in [0.05, 0.1) is 29.5 Å². The number of halogens is 1. The molecule has 0 saturated carbocycles. The average molecular weight is 513 g/mol. The lowest BCUT2D eigenvalue weighted by Crippen LogP contribution is -2.64. The van der Waals surface area contributed by atoms with Crippen molar-refractivity contribution in [1.29, 1.82) is 0 Å². The maximum atomic E-state index is 13.6. The van der Waals surface area contributed by atoms with E-state index in [2.05, 4.69) is 46.4 Å². The molecule has 0 aromatic carbocycles. The number of rotatable bonds is 9. The highest BCUT2D eigenvalue weighted by Crippen LogP contribution is 2.28. The minimum Gasteiger partial charge on any atom is -0.350 e.